The minimum Gasteiger partial charge on any atom is -0.347 e. The van der Waals surface area contributed by atoms with E-state index >= 15 is 0 Å². The Balaban J connectivity index is 2.29. The summed E-state index contributed by atoms with van der Waals surface area (Å²) in [6.45, 7) is 6.55. The Morgan fingerprint density at radius 3 is 2.30 bits per heavy atom. The topological polar surface area (TPSA) is 30.9 Å². The zero-order valence-corrected chi connectivity index (χ0v) is 15.4. The molecule has 0 radical (unpaired) electrons. The number of fused-ring (bicyclic) bond motifs is 1. The predicted molar refractivity (Wildman–Crippen MR) is 99.8 cm³/mol. The third kappa shape index (κ3) is 3.72. The Kier molecular flexibility index (Phi) is 5.04. The van der Waals surface area contributed by atoms with Gasteiger partial charge in [-0.2, -0.15) is 13.2 Å². The molecule has 0 aliphatic heterocycles. The van der Waals surface area contributed by atoms with E-state index in [0.717, 1.165) is 11.6 Å². The third-order valence-electron chi connectivity index (χ3n) is 4.58. The van der Waals surface area contributed by atoms with Crippen molar-refractivity contribution in [3.63, 3.8) is 0 Å². The van der Waals surface area contributed by atoms with E-state index in [2.05, 4.69) is 0 Å². The molecule has 3 rings (SSSR count). The van der Waals surface area contributed by atoms with Crippen LogP contribution in [0.4, 0.5) is 17.6 Å². The third-order valence-corrected chi connectivity index (χ3v) is 4.58. The summed E-state index contributed by atoms with van der Waals surface area (Å²) >= 11 is 0. The number of alkyl halides is 3. The van der Waals surface area contributed by atoms with Crippen LogP contribution in [0.25, 0.3) is 22.0 Å². The van der Waals surface area contributed by atoms with Crippen molar-refractivity contribution in [2.45, 2.75) is 39.5 Å². The second-order valence-electron chi connectivity index (χ2n) is 7.31. The summed E-state index contributed by atoms with van der Waals surface area (Å²) in [5.41, 5.74) is 6.41. The van der Waals surface area contributed by atoms with E-state index < -0.39 is 17.6 Å². The Morgan fingerprint density at radius 2 is 1.70 bits per heavy atom. The zero-order chi connectivity index (χ0) is 19.9. The fourth-order valence-corrected chi connectivity index (χ4v) is 3.42. The number of rotatable bonds is 4. The molecule has 0 aliphatic carbocycles. The SMILES string of the molecule is CC(C)Cn1cc([C@@H](C)N)c2cc(F)c(-c3ccccc3C(F)(F)F)cc21. The second kappa shape index (κ2) is 7.00. The zero-order valence-electron chi connectivity index (χ0n) is 15.4. The number of benzene rings is 2. The summed E-state index contributed by atoms with van der Waals surface area (Å²) in [4.78, 5) is 0. The molecule has 2 nitrogen and oxygen atoms in total. The van der Waals surface area contributed by atoms with Crippen molar-refractivity contribution < 1.29 is 17.6 Å². The van der Waals surface area contributed by atoms with E-state index in [9.17, 15) is 17.6 Å². The lowest BCUT2D eigenvalue weighted by Gasteiger charge is -2.15. The number of halogens is 4. The van der Waals surface area contributed by atoms with Gasteiger partial charge in [0, 0.05) is 35.2 Å². The van der Waals surface area contributed by atoms with Gasteiger partial charge in [-0.05, 0) is 42.2 Å². The van der Waals surface area contributed by atoms with Gasteiger partial charge in [-0.15, -0.1) is 0 Å². The van der Waals surface area contributed by atoms with Crippen molar-refractivity contribution in [1.82, 2.24) is 4.57 Å². The summed E-state index contributed by atoms with van der Waals surface area (Å²) in [6, 6.07) is 7.55. The monoisotopic (exact) mass is 378 g/mol. The van der Waals surface area contributed by atoms with Crippen LogP contribution in [0.3, 0.4) is 0 Å². The highest BCUT2D eigenvalue weighted by Crippen LogP contribution is 2.40. The lowest BCUT2D eigenvalue weighted by molar-refractivity contribution is -0.137. The first kappa shape index (κ1) is 19.4. The maximum Gasteiger partial charge on any atom is 0.417 e. The van der Waals surface area contributed by atoms with Crippen LogP contribution in [0.2, 0.25) is 0 Å². The first-order valence-electron chi connectivity index (χ1n) is 8.84. The van der Waals surface area contributed by atoms with Crippen LogP contribution in [0, 0.1) is 11.7 Å². The van der Waals surface area contributed by atoms with E-state index in [4.69, 9.17) is 5.73 Å². The summed E-state index contributed by atoms with van der Waals surface area (Å²) in [6.07, 6.45) is -2.69. The van der Waals surface area contributed by atoms with E-state index in [0.29, 0.717) is 23.4 Å². The molecule has 1 aromatic heterocycles. The minimum absolute atomic E-state index is 0.0604. The molecule has 0 bridgehead atoms. The van der Waals surface area contributed by atoms with E-state index in [1.54, 1.807) is 6.92 Å². The lowest BCUT2D eigenvalue weighted by Crippen LogP contribution is -2.07. The average Bonchev–Trinajstić information content (AvgIpc) is 2.90. The van der Waals surface area contributed by atoms with Gasteiger partial charge in [-0.3, -0.25) is 0 Å². The molecule has 0 saturated carbocycles. The first-order valence-corrected chi connectivity index (χ1v) is 8.84. The highest BCUT2D eigenvalue weighted by atomic mass is 19.4. The molecule has 0 amide bonds. The van der Waals surface area contributed by atoms with Gasteiger partial charge in [0.15, 0.2) is 0 Å². The van der Waals surface area contributed by atoms with Crippen molar-refractivity contribution in [3.8, 4) is 11.1 Å². The van der Waals surface area contributed by atoms with E-state index in [1.807, 2.05) is 24.6 Å². The first-order chi connectivity index (χ1) is 12.6. The number of hydrogen-bond donors (Lipinski definition) is 1. The molecule has 27 heavy (non-hydrogen) atoms. The molecule has 0 fully saturated rings. The molecule has 0 saturated heterocycles. The van der Waals surface area contributed by atoms with Crippen molar-refractivity contribution in [2.75, 3.05) is 0 Å². The Morgan fingerprint density at radius 1 is 1.04 bits per heavy atom. The highest BCUT2D eigenvalue weighted by molar-refractivity contribution is 5.89. The van der Waals surface area contributed by atoms with Crippen molar-refractivity contribution in [1.29, 1.82) is 0 Å². The molecule has 144 valence electrons. The Hall–Kier alpha value is -2.34. The van der Waals surface area contributed by atoms with E-state index in [1.165, 1.54) is 30.3 Å². The molecule has 0 aliphatic rings. The van der Waals surface area contributed by atoms with Crippen LogP contribution >= 0.6 is 0 Å². The maximum atomic E-state index is 14.9. The molecule has 0 unspecified atom stereocenters. The molecule has 1 heterocycles. The fourth-order valence-electron chi connectivity index (χ4n) is 3.42. The maximum absolute atomic E-state index is 14.9. The quantitative estimate of drug-likeness (QED) is 0.543. The van der Waals surface area contributed by atoms with Gasteiger partial charge in [0.25, 0.3) is 0 Å². The Labute approximate surface area is 155 Å². The largest absolute Gasteiger partial charge is 0.417 e. The molecular weight excluding hydrogens is 356 g/mol. The summed E-state index contributed by atoms with van der Waals surface area (Å²) in [5, 5.41) is 0.636. The second-order valence-corrected chi connectivity index (χ2v) is 7.31. The van der Waals surface area contributed by atoms with Gasteiger partial charge in [0.1, 0.15) is 5.82 Å². The molecule has 0 spiro atoms. The highest BCUT2D eigenvalue weighted by Gasteiger charge is 2.34. The van der Waals surface area contributed by atoms with Crippen LogP contribution in [0.15, 0.2) is 42.6 Å². The summed E-state index contributed by atoms with van der Waals surface area (Å²) in [5.74, 6) is -0.374. The van der Waals surface area contributed by atoms with Crippen LogP contribution in [-0.4, -0.2) is 4.57 Å². The Bertz CT molecular complexity index is 968. The summed E-state index contributed by atoms with van der Waals surface area (Å²) < 4.78 is 57.0. The van der Waals surface area contributed by atoms with Gasteiger partial charge in [0.05, 0.1) is 5.56 Å². The lowest BCUT2D eigenvalue weighted by atomic mass is 9.96. The predicted octanol–water partition coefficient (Wildman–Crippen LogP) is 6.14. The average molecular weight is 378 g/mol. The van der Waals surface area contributed by atoms with Gasteiger partial charge in [-0.25, -0.2) is 4.39 Å². The van der Waals surface area contributed by atoms with E-state index in [-0.39, 0.29) is 17.2 Å². The van der Waals surface area contributed by atoms with Gasteiger partial charge >= 0.3 is 6.18 Å². The standard InChI is InChI=1S/C21H22F4N2/c1-12(2)10-27-11-17(13(3)26)16-8-19(22)15(9-20(16)27)14-6-4-5-7-18(14)21(23,24)25/h4-9,11-13H,10,26H2,1-3H3/t13-/m1/s1. The van der Waals surface area contributed by atoms with Crippen molar-refractivity contribution in [3.05, 3.63) is 59.5 Å². The van der Waals surface area contributed by atoms with Gasteiger partial charge in [-0.1, -0.05) is 32.0 Å². The fraction of sp³-hybridized carbons (Fsp3) is 0.333. The molecular formula is C21H22F4N2. The van der Waals surface area contributed by atoms with Crippen molar-refractivity contribution in [2.24, 2.45) is 11.7 Å². The molecule has 2 aromatic carbocycles. The van der Waals surface area contributed by atoms with Crippen molar-refractivity contribution >= 4 is 10.9 Å². The summed E-state index contributed by atoms with van der Waals surface area (Å²) in [7, 11) is 0. The molecule has 3 aromatic rings. The van der Waals surface area contributed by atoms with Crippen LogP contribution in [-0.2, 0) is 12.7 Å². The molecule has 1 atom stereocenters. The number of aromatic nitrogens is 1. The minimum atomic E-state index is -4.56. The number of nitrogens with zero attached hydrogens (tertiary/aromatic N) is 1. The van der Waals surface area contributed by atoms with Crippen LogP contribution in [0.1, 0.15) is 37.9 Å². The van der Waals surface area contributed by atoms with Crippen LogP contribution in [0.5, 0.6) is 0 Å². The molecule has 2 N–H and O–H groups in total. The van der Waals surface area contributed by atoms with Gasteiger partial charge < -0.3 is 10.3 Å². The smallest absolute Gasteiger partial charge is 0.347 e. The molecule has 6 heteroatoms. The number of hydrogen-bond acceptors (Lipinski definition) is 1. The normalized spacial score (nSPS) is 13.5. The van der Waals surface area contributed by atoms with Crippen LogP contribution < -0.4 is 5.73 Å². The van der Waals surface area contributed by atoms with Gasteiger partial charge in [0.2, 0.25) is 0 Å². The number of nitrogens with two attached hydrogens (primary N) is 1.